The molecule has 0 spiro atoms. The third-order valence-electron chi connectivity index (χ3n) is 12.4. The average Bonchev–Trinajstić information content (AvgIpc) is 3.89. The minimum Gasteiger partial charge on any atom is -0.309 e. The van der Waals surface area contributed by atoms with E-state index >= 15 is 0 Å². The van der Waals surface area contributed by atoms with Crippen LogP contribution in [0.1, 0.15) is 0 Å². The summed E-state index contributed by atoms with van der Waals surface area (Å²) in [7, 11) is 0. The summed E-state index contributed by atoms with van der Waals surface area (Å²) in [4.78, 5) is 0. The van der Waals surface area contributed by atoms with Crippen molar-refractivity contribution in [1.29, 1.82) is 0 Å². The van der Waals surface area contributed by atoms with Crippen LogP contribution < -0.4 is 0 Å². The lowest BCUT2D eigenvalue weighted by atomic mass is 9.97. The zero-order chi connectivity index (χ0) is 41.0. The van der Waals surface area contributed by atoms with Crippen molar-refractivity contribution < 1.29 is 0 Å². The van der Waals surface area contributed by atoms with Gasteiger partial charge in [0.1, 0.15) is 0 Å². The SMILES string of the molecule is c1ccc(-c2ccc(-c3ccc4c(c3)c3cc(-c5ccc(-c6ccccc6)cc5)ccc3n4-c3ccccc3-c3cccc(-c4ccc5sc6ccccc6c5c4)c3)cc2)cc1. The molecule has 1 nitrogen and oxygen atoms in total. The molecule has 0 fully saturated rings. The molecule has 0 bridgehead atoms. The van der Waals surface area contributed by atoms with Gasteiger partial charge in [-0.05, 0) is 116 Å². The van der Waals surface area contributed by atoms with Crippen molar-refractivity contribution in [2.45, 2.75) is 0 Å². The van der Waals surface area contributed by atoms with Crippen LogP contribution in [0.25, 0.3) is 114 Å². The zero-order valence-corrected chi connectivity index (χ0v) is 34.7. The molecule has 12 aromatic rings. The highest BCUT2D eigenvalue weighted by molar-refractivity contribution is 7.25. The minimum atomic E-state index is 1.16. The van der Waals surface area contributed by atoms with Gasteiger partial charge in [0.15, 0.2) is 0 Å². The topological polar surface area (TPSA) is 4.93 Å². The Kier molecular flexibility index (Phi) is 8.76. The molecule has 2 aromatic heterocycles. The first-order chi connectivity index (χ1) is 30.7. The Morgan fingerprint density at radius 2 is 0.645 bits per heavy atom. The molecule has 62 heavy (non-hydrogen) atoms. The van der Waals surface area contributed by atoms with E-state index in [-0.39, 0.29) is 0 Å². The number of thiophene rings is 1. The predicted octanol–water partition coefficient (Wildman–Crippen LogP) is 17.2. The van der Waals surface area contributed by atoms with Crippen molar-refractivity contribution >= 4 is 53.3 Å². The standard InChI is InChI=1S/C60H39NS/c1-3-12-40(13-4-1)42-22-26-44(27-23-42)47-30-33-57-53(37-47)54-38-48(45-28-24-43(25-29-45)41-14-5-2-6-15-41)31-34-58(54)61(57)56-20-9-7-18-51(56)50-17-11-16-46(36-50)49-32-35-60-55(39-49)52-19-8-10-21-59(52)62-60/h1-39H. The number of aromatic nitrogens is 1. The van der Waals surface area contributed by atoms with Gasteiger partial charge in [-0.1, -0.05) is 182 Å². The lowest BCUT2D eigenvalue weighted by Gasteiger charge is -2.15. The summed E-state index contributed by atoms with van der Waals surface area (Å²) in [5, 5.41) is 5.10. The highest BCUT2D eigenvalue weighted by Gasteiger charge is 2.18. The summed E-state index contributed by atoms with van der Waals surface area (Å²) in [6.45, 7) is 0. The maximum absolute atomic E-state index is 2.47. The molecule has 0 saturated heterocycles. The average molecular weight is 806 g/mol. The number of para-hydroxylation sites is 1. The fraction of sp³-hybridized carbons (Fsp3) is 0. The first-order valence-corrected chi connectivity index (χ1v) is 22.0. The monoisotopic (exact) mass is 805 g/mol. The van der Waals surface area contributed by atoms with Gasteiger partial charge in [0.25, 0.3) is 0 Å². The zero-order valence-electron chi connectivity index (χ0n) is 33.9. The highest BCUT2D eigenvalue weighted by atomic mass is 32.1. The minimum absolute atomic E-state index is 1.16. The van der Waals surface area contributed by atoms with E-state index in [1.807, 2.05) is 11.3 Å². The van der Waals surface area contributed by atoms with Gasteiger partial charge in [0, 0.05) is 36.5 Å². The number of hydrogen-bond acceptors (Lipinski definition) is 1. The number of hydrogen-bond donors (Lipinski definition) is 0. The molecule has 0 aliphatic rings. The van der Waals surface area contributed by atoms with Crippen LogP contribution in [0, 0.1) is 0 Å². The maximum Gasteiger partial charge on any atom is 0.0541 e. The van der Waals surface area contributed by atoms with Crippen LogP contribution in [0.5, 0.6) is 0 Å². The number of nitrogens with zero attached hydrogens (tertiary/aromatic N) is 1. The van der Waals surface area contributed by atoms with Crippen LogP contribution in [0.15, 0.2) is 237 Å². The van der Waals surface area contributed by atoms with E-state index in [1.165, 1.54) is 109 Å². The Labute approximate surface area is 365 Å². The third-order valence-corrected chi connectivity index (χ3v) is 13.6. The van der Waals surface area contributed by atoms with E-state index < -0.39 is 0 Å². The van der Waals surface area contributed by atoms with Crippen molar-refractivity contribution in [3.63, 3.8) is 0 Å². The van der Waals surface area contributed by atoms with Crippen molar-refractivity contribution in [3.05, 3.63) is 237 Å². The van der Waals surface area contributed by atoms with E-state index in [4.69, 9.17) is 0 Å². The van der Waals surface area contributed by atoms with E-state index in [1.54, 1.807) is 0 Å². The quantitative estimate of drug-likeness (QED) is 0.151. The van der Waals surface area contributed by atoms with E-state index in [9.17, 15) is 0 Å². The number of benzene rings is 10. The summed E-state index contributed by atoms with van der Waals surface area (Å²) in [6, 6.07) is 86.7. The molecule has 0 atom stereocenters. The van der Waals surface area contributed by atoms with Gasteiger partial charge >= 0.3 is 0 Å². The first kappa shape index (κ1) is 36.1. The second-order valence-electron chi connectivity index (χ2n) is 16.1. The van der Waals surface area contributed by atoms with Crippen LogP contribution in [-0.4, -0.2) is 4.57 Å². The largest absolute Gasteiger partial charge is 0.309 e. The Morgan fingerprint density at radius 3 is 1.27 bits per heavy atom. The van der Waals surface area contributed by atoms with Crippen molar-refractivity contribution in [3.8, 4) is 72.4 Å². The van der Waals surface area contributed by atoms with Gasteiger partial charge in [-0.3, -0.25) is 0 Å². The summed E-state index contributed by atoms with van der Waals surface area (Å²) in [5.41, 5.74) is 18.0. The molecule has 290 valence electrons. The predicted molar refractivity (Wildman–Crippen MR) is 266 cm³/mol. The molecule has 0 unspecified atom stereocenters. The molecule has 0 saturated carbocycles. The van der Waals surface area contributed by atoms with Crippen LogP contribution in [0.3, 0.4) is 0 Å². The normalized spacial score (nSPS) is 11.5. The van der Waals surface area contributed by atoms with Crippen LogP contribution in [-0.2, 0) is 0 Å². The smallest absolute Gasteiger partial charge is 0.0541 e. The molecule has 10 aromatic carbocycles. The molecule has 0 radical (unpaired) electrons. The molecular formula is C60H39NS. The molecule has 12 rings (SSSR count). The summed E-state index contributed by atoms with van der Waals surface area (Å²) in [6.07, 6.45) is 0. The van der Waals surface area contributed by atoms with Gasteiger partial charge < -0.3 is 4.57 Å². The van der Waals surface area contributed by atoms with Gasteiger partial charge in [-0.25, -0.2) is 0 Å². The van der Waals surface area contributed by atoms with Gasteiger partial charge in [0.05, 0.1) is 16.7 Å². The summed E-state index contributed by atoms with van der Waals surface area (Å²) < 4.78 is 5.12. The molecule has 0 aliphatic carbocycles. The van der Waals surface area contributed by atoms with Crippen molar-refractivity contribution in [2.75, 3.05) is 0 Å². The van der Waals surface area contributed by atoms with Crippen molar-refractivity contribution in [1.82, 2.24) is 4.57 Å². The Hall–Kier alpha value is -7.78. The maximum atomic E-state index is 2.47. The third kappa shape index (κ3) is 6.32. The van der Waals surface area contributed by atoms with E-state index in [2.05, 4.69) is 241 Å². The Balaban J connectivity index is 0.999. The van der Waals surface area contributed by atoms with Gasteiger partial charge in [0.2, 0.25) is 0 Å². The number of rotatable bonds is 7. The molecule has 2 heterocycles. The Morgan fingerprint density at radius 1 is 0.242 bits per heavy atom. The van der Waals surface area contributed by atoms with Crippen LogP contribution in [0.2, 0.25) is 0 Å². The van der Waals surface area contributed by atoms with Crippen LogP contribution in [0.4, 0.5) is 0 Å². The second-order valence-corrected chi connectivity index (χ2v) is 17.2. The van der Waals surface area contributed by atoms with E-state index in [0.717, 1.165) is 5.69 Å². The fourth-order valence-electron chi connectivity index (χ4n) is 9.30. The lowest BCUT2D eigenvalue weighted by Crippen LogP contribution is -1.97. The van der Waals surface area contributed by atoms with Gasteiger partial charge in [-0.15, -0.1) is 11.3 Å². The Bertz CT molecular complexity index is 3450. The molecule has 0 aliphatic heterocycles. The van der Waals surface area contributed by atoms with Crippen LogP contribution >= 0.6 is 11.3 Å². The molecule has 0 amide bonds. The molecular weight excluding hydrogens is 767 g/mol. The lowest BCUT2D eigenvalue weighted by molar-refractivity contribution is 1.18. The summed E-state index contributed by atoms with van der Waals surface area (Å²) in [5.74, 6) is 0. The number of fused-ring (bicyclic) bond motifs is 6. The molecule has 2 heteroatoms. The van der Waals surface area contributed by atoms with E-state index in [0.29, 0.717) is 0 Å². The highest BCUT2D eigenvalue weighted by Crippen LogP contribution is 2.42. The summed E-state index contributed by atoms with van der Waals surface area (Å²) >= 11 is 1.86. The second kappa shape index (κ2) is 15.0. The molecule has 0 N–H and O–H groups in total. The first-order valence-electron chi connectivity index (χ1n) is 21.2. The fourth-order valence-corrected chi connectivity index (χ4v) is 10.4. The van der Waals surface area contributed by atoms with Gasteiger partial charge in [-0.2, -0.15) is 0 Å². The van der Waals surface area contributed by atoms with Crippen molar-refractivity contribution in [2.24, 2.45) is 0 Å².